The number of pyridine rings is 1. The van der Waals surface area contributed by atoms with E-state index in [4.69, 9.17) is 5.11 Å². The van der Waals surface area contributed by atoms with E-state index in [2.05, 4.69) is 27.2 Å². The van der Waals surface area contributed by atoms with Crippen molar-refractivity contribution in [1.82, 2.24) is 4.57 Å². The van der Waals surface area contributed by atoms with Crippen molar-refractivity contribution in [1.29, 1.82) is 0 Å². The number of aliphatic carboxylic acids is 1. The van der Waals surface area contributed by atoms with Crippen LogP contribution in [0.4, 0.5) is 0 Å². The second-order valence-corrected chi connectivity index (χ2v) is 8.22. The molecule has 7 heteroatoms. The summed E-state index contributed by atoms with van der Waals surface area (Å²) in [5.74, 6) is -1.05. The molecule has 0 amide bonds. The fourth-order valence-corrected chi connectivity index (χ4v) is 3.85. The molecule has 0 aliphatic carbocycles. The Hall–Kier alpha value is -3.19. The summed E-state index contributed by atoms with van der Waals surface area (Å²) in [6, 6.07) is 19.1. The Morgan fingerprint density at radius 3 is 2.41 bits per heavy atom. The molecule has 0 aliphatic heterocycles. The fraction of sp³-hybridized carbons (Fsp3) is 0.240. The molecule has 2 N–H and O–H groups in total. The number of oxime groups is 1. The van der Waals surface area contributed by atoms with Gasteiger partial charge in [0.25, 0.3) is 5.56 Å². The minimum atomic E-state index is -0.983. The molecule has 3 rings (SSSR count). The zero-order valence-corrected chi connectivity index (χ0v) is 18.6. The summed E-state index contributed by atoms with van der Waals surface area (Å²) in [6.07, 6.45) is 1.79. The lowest BCUT2D eigenvalue weighted by atomic mass is 9.83. The Labute approximate surface area is 196 Å². The van der Waals surface area contributed by atoms with Crippen LogP contribution >= 0.6 is 15.9 Å². The van der Waals surface area contributed by atoms with E-state index in [0.29, 0.717) is 17.7 Å². The average Bonchev–Trinajstić information content (AvgIpc) is 2.76. The van der Waals surface area contributed by atoms with Gasteiger partial charge in [0.05, 0.1) is 12.1 Å². The van der Waals surface area contributed by atoms with E-state index in [1.165, 1.54) is 10.6 Å². The van der Waals surface area contributed by atoms with Crippen molar-refractivity contribution in [3.63, 3.8) is 0 Å². The maximum absolute atomic E-state index is 12.1. The average molecular weight is 499 g/mol. The molecular formula is C25H27BrN2O4. The number of aromatic nitrogens is 1. The van der Waals surface area contributed by atoms with E-state index in [-0.39, 0.29) is 31.9 Å². The standard InChI is InChI=1S/C24H23BrN2O4.CH4/c1-16-4-2-3-5-20(16)21(17-6-9-19(25)10-7-17)14-22(26-31)18-8-11-23(28)27(15-18)13-12-24(29)30;/h2-11,15,21,31H,12-14H2,1H3,(H,29,30);1H4/b26-22+;. The van der Waals surface area contributed by atoms with Crippen LogP contribution < -0.4 is 5.56 Å². The van der Waals surface area contributed by atoms with E-state index < -0.39 is 5.97 Å². The highest BCUT2D eigenvalue weighted by Crippen LogP contribution is 2.32. The van der Waals surface area contributed by atoms with Gasteiger partial charge in [0.15, 0.2) is 0 Å². The number of aryl methyl sites for hydroxylation is 2. The SMILES string of the molecule is C.Cc1ccccc1C(C/C(=N\O)c1ccc(=O)n(CCC(=O)O)c1)c1ccc(Br)cc1. The minimum absolute atomic E-state index is 0. The van der Waals surface area contributed by atoms with E-state index in [1.54, 1.807) is 12.3 Å². The Kier molecular flexibility index (Phi) is 8.96. The molecule has 0 saturated carbocycles. The molecule has 1 aromatic heterocycles. The van der Waals surface area contributed by atoms with Gasteiger partial charge in [-0.3, -0.25) is 9.59 Å². The molecule has 1 heterocycles. The van der Waals surface area contributed by atoms with Crippen molar-refractivity contribution in [3.8, 4) is 0 Å². The van der Waals surface area contributed by atoms with Crippen LogP contribution in [0, 0.1) is 6.92 Å². The summed E-state index contributed by atoms with van der Waals surface area (Å²) in [4.78, 5) is 23.0. The molecule has 1 atom stereocenters. The molecule has 3 aromatic rings. The predicted octanol–water partition coefficient (Wildman–Crippen LogP) is 5.43. The molecule has 32 heavy (non-hydrogen) atoms. The second-order valence-electron chi connectivity index (χ2n) is 7.30. The molecule has 0 fully saturated rings. The zero-order chi connectivity index (χ0) is 22.4. The third-order valence-electron chi connectivity index (χ3n) is 5.24. The number of carboxylic acid groups (broad SMARTS) is 1. The number of carboxylic acids is 1. The summed E-state index contributed by atoms with van der Waals surface area (Å²) < 4.78 is 2.30. The second kappa shape index (κ2) is 11.4. The number of benzene rings is 2. The van der Waals surface area contributed by atoms with Gasteiger partial charge in [0.1, 0.15) is 0 Å². The van der Waals surface area contributed by atoms with E-state index >= 15 is 0 Å². The number of halogens is 1. The van der Waals surface area contributed by atoms with Crippen LogP contribution in [0.15, 0.2) is 81.3 Å². The van der Waals surface area contributed by atoms with Crippen LogP contribution in [-0.4, -0.2) is 26.6 Å². The maximum Gasteiger partial charge on any atom is 0.305 e. The molecule has 0 radical (unpaired) electrons. The third kappa shape index (κ3) is 6.17. The fourth-order valence-electron chi connectivity index (χ4n) is 3.58. The number of carbonyl (C=O) groups is 1. The van der Waals surface area contributed by atoms with Crippen molar-refractivity contribution in [2.45, 2.75) is 39.7 Å². The topological polar surface area (TPSA) is 91.9 Å². The summed E-state index contributed by atoms with van der Waals surface area (Å²) in [7, 11) is 0. The smallest absolute Gasteiger partial charge is 0.305 e. The van der Waals surface area contributed by atoms with Crippen molar-refractivity contribution >= 4 is 27.6 Å². The van der Waals surface area contributed by atoms with Crippen LogP contribution in [0.2, 0.25) is 0 Å². The summed E-state index contributed by atoms with van der Waals surface area (Å²) in [6.45, 7) is 2.09. The van der Waals surface area contributed by atoms with Crippen molar-refractivity contribution in [3.05, 3.63) is 104 Å². The Morgan fingerprint density at radius 2 is 1.78 bits per heavy atom. The van der Waals surface area contributed by atoms with Gasteiger partial charge in [-0.25, -0.2) is 0 Å². The van der Waals surface area contributed by atoms with Crippen LogP contribution in [0.5, 0.6) is 0 Å². The van der Waals surface area contributed by atoms with Gasteiger partial charge in [-0.15, -0.1) is 0 Å². The van der Waals surface area contributed by atoms with Gasteiger partial charge in [-0.05, 0) is 41.8 Å². The van der Waals surface area contributed by atoms with E-state index in [1.807, 2.05) is 49.4 Å². The first-order chi connectivity index (χ1) is 14.9. The zero-order valence-electron chi connectivity index (χ0n) is 17.0. The first kappa shape index (κ1) is 25.1. The van der Waals surface area contributed by atoms with Gasteiger partial charge >= 0.3 is 5.97 Å². The molecule has 0 aliphatic rings. The van der Waals surface area contributed by atoms with Gasteiger partial charge in [0, 0.05) is 41.2 Å². The highest BCUT2D eigenvalue weighted by atomic mass is 79.9. The van der Waals surface area contributed by atoms with Crippen molar-refractivity contribution in [2.75, 3.05) is 0 Å². The highest BCUT2D eigenvalue weighted by molar-refractivity contribution is 9.10. The van der Waals surface area contributed by atoms with Crippen LogP contribution in [0.1, 0.15) is 48.4 Å². The molecular weight excluding hydrogens is 472 g/mol. The number of hydrogen-bond donors (Lipinski definition) is 2. The van der Waals surface area contributed by atoms with Gasteiger partial charge < -0.3 is 14.9 Å². The number of rotatable bonds is 8. The van der Waals surface area contributed by atoms with Crippen molar-refractivity contribution in [2.24, 2.45) is 5.16 Å². The molecule has 2 aromatic carbocycles. The monoisotopic (exact) mass is 498 g/mol. The van der Waals surface area contributed by atoms with E-state index in [0.717, 1.165) is 21.2 Å². The Morgan fingerprint density at radius 1 is 1.09 bits per heavy atom. The lowest BCUT2D eigenvalue weighted by Crippen LogP contribution is -2.22. The quantitative estimate of drug-likeness (QED) is 0.246. The van der Waals surface area contributed by atoms with Crippen LogP contribution in [0.25, 0.3) is 0 Å². The highest BCUT2D eigenvalue weighted by Gasteiger charge is 2.20. The van der Waals surface area contributed by atoms with Gasteiger partial charge in [0.2, 0.25) is 0 Å². The molecule has 168 valence electrons. The van der Waals surface area contributed by atoms with E-state index in [9.17, 15) is 14.8 Å². The summed E-state index contributed by atoms with van der Waals surface area (Å²) in [5, 5.41) is 22.3. The molecule has 0 bridgehead atoms. The molecule has 1 unspecified atom stereocenters. The summed E-state index contributed by atoms with van der Waals surface area (Å²) in [5.41, 5.74) is 4.00. The van der Waals surface area contributed by atoms with Crippen LogP contribution in [-0.2, 0) is 11.3 Å². The third-order valence-corrected chi connectivity index (χ3v) is 5.77. The molecule has 0 saturated heterocycles. The first-order valence-corrected chi connectivity index (χ1v) is 10.6. The molecule has 6 nitrogen and oxygen atoms in total. The summed E-state index contributed by atoms with van der Waals surface area (Å²) >= 11 is 3.47. The minimum Gasteiger partial charge on any atom is -0.481 e. The first-order valence-electron chi connectivity index (χ1n) is 9.83. The Bertz CT molecular complexity index is 1150. The largest absolute Gasteiger partial charge is 0.481 e. The normalized spacial score (nSPS) is 12.1. The molecule has 0 spiro atoms. The number of hydrogen-bond acceptors (Lipinski definition) is 4. The Balaban J connectivity index is 0.00000363. The lowest BCUT2D eigenvalue weighted by molar-refractivity contribution is -0.137. The predicted molar refractivity (Wildman–Crippen MR) is 130 cm³/mol. The van der Waals surface area contributed by atoms with Gasteiger partial charge in [-0.1, -0.05) is 64.9 Å². The van der Waals surface area contributed by atoms with Crippen LogP contribution in [0.3, 0.4) is 0 Å². The van der Waals surface area contributed by atoms with Crippen molar-refractivity contribution < 1.29 is 15.1 Å². The lowest BCUT2D eigenvalue weighted by Gasteiger charge is -2.21. The number of nitrogens with zero attached hydrogens (tertiary/aromatic N) is 2. The maximum atomic E-state index is 12.1. The van der Waals surface area contributed by atoms with Gasteiger partial charge in [-0.2, -0.15) is 0 Å².